The predicted molar refractivity (Wildman–Crippen MR) is 95.0 cm³/mol. The van der Waals surface area contributed by atoms with Crippen molar-refractivity contribution in [3.8, 4) is 11.3 Å². The van der Waals surface area contributed by atoms with Crippen LogP contribution in [0.4, 0.5) is 15.9 Å². The van der Waals surface area contributed by atoms with Gasteiger partial charge in [-0.2, -0.15) is 5.10 Å². The summed E-state index contributed by atoms with van der Waals surface area (Å²) in [6, 6.07) is 15.8. The molecule has 1 aliphatic heterocycles. The maximum Gasteiger partial charge on any atom is 0.249 e. The highest BCUT2D eigenvalue weighted by Crippen LogP contribution is 2.30. The first-order valence-corrected chi connectivity index (χ1v) is 8.11. The zero-order valence-corrected chi connectivity index (χ0v) is 13.6. The standard InChI is InChI=1S/C19H15FN4O2/c20-13-8-6-12(7-9-13)15-10-17-22-18(25)11-16(24(17)23-15)19(26)21-14-4-2-1-3-5-14/h1-10,16H,11H2,(H,21,26)(H,22,25). The second-order valence-electron chi connectivity index (χ2n) is 5.99. The van der Waals surface area contributed by atoms with Crippen molar-refractivity contribution in [2.24, 2.45) is 0 Å². The van der Waals surface area contributed by atoms with E-state index in [1.807, 2.05) is 18.2 Å². The molecule has 0 saturated heterocycles. The van der Waals surface area contributed by atoms with E-state index in [1.54, 1.807) is 30.3 Å². The fraction of sp³-hybridized carbons (Fsp3) is 0.105. The van der Waals surface area contributed by atoms with Gasteiger partial charge in [-0.05, 0) is 36.4 Å². The quantitative estimate of drug-likeness (QED) is 0.762. The third-order valence-electron chi connectivity index (χ3n) is 4.16. The van der Waals surface area contributed by atoms with Gasteiger partial charge in [0.25, 0.3) is 0 Å². The van der Waals surface area contributed by atoms with E-state index in [4.69, 9.17) is 0 Å². The molecule has 2 heterocycles. The lowest BCUT2D eigenvalue weighted by Crippen LogP contribution is -2.35. The van der Waals surface area contributed by atoms with E-state index >= 15 is 0 Å². The molecule has 0 fully saturated rings. The Morgan fingerprint density at radius 3 is 2.62 bits per heavy atom. The van der Waals surface area contributed by atoms with Crippen molar-refractivity contribution in [3.05, 3.63) is 66.5 Å². The maximum absolute atomic E-state index is 13.1. The van der Waals surface area contributed by atoms with Gasteiger partial charge in [0, 0.05) is 17.3 Å². The summed E-state index contributed by atoms with van der Waals surface area (Å²) in [5.41, 5.74) is 1.90. The highest BCUT2D eigenvalue weighted by atomic mass is 19.1. The molecule has 1 aromatic heterocycles. The smallest absolute Gasteiger partial charge is 0.249 e. The molecular weight excluding hydrogens is 335 g/mol. The van der Waals surface area contributed by atoms with Crippen molar-refractivity contribution < 1.29 is 14.0 Å². The molecule has 4 rings (SSSR count). The van der Waals surface area contributed by atoms with Crippen LogP contribution in [0, 0.1) is 5.82 Å². The highest BCUT2D eigenvalue weighted by Gasteiger charge is 2.32. The van der Waals surface area contributed by atoms with E-state index in [0.717, 1.165) is 0 Å². The van der Waals surface area contributed by atoms with Crippen LogP contribution in [0.25, 0.3) is 11.3 Å². The number of carbonyl (C=O) groups is 2. The number of halogens is 1. The third-order valence-corrected chi connectivity index (χ3v) is 4.16. The number of benzene rings is 2. The number of nitrogens with zero attached hydrogens (tertiary/aromatic N) is 2. The molecule has 6 nitrogen and oxygen atoms in total. The molecule has 0 saturated carbocycles. The van der Waals surface area contributed by atoms with Gasteiger partial charge in [0.15, 0.2) is 0 Å². The number of rotatable bonds is 3. The van der Waals surface area contributed by atoms with E-state index in [2.05, 4.69) is 15.7 Å². The molecule has 130 valence electrons. The predicted octanol–water partition coefficient (Wildman–Crippen LogP) is 3.21. The Bertz CT molecular complexity index is 967. The summed E-state index contributed by atoms with van der Waals surface area (Å²) in [6.07, 6.45) is -0.00377. The van der Waals surface area contributed by atoms with Gasteiger partial charge < -0.3 is 10.6 Å². The Labute approximate surface area is 148 Å². The van der Waals surface area contributed by atoms with Crippen LogP contribution in [-0.4, -0.2) is 21.6 Å². The largest absolute Gasteiger partial charge is 0.324 e. The normalized spacial score (nSPS) is 15.9. The Hall–Kier alpha value is -3.48. The zero-order valence-electron chi connectivity index (χ0n) is 13.6. The van der Waals surface area contributed by atoms with E-state index in [-0.39, 0.29) is 24.1 Å². The Kier molecular flexibility index (Phi) is 3.96. The van der Waals surface area contributed by atoms with Gasteiger partial charge in [0.05, 0.1) is 12.1 Å². The lowest BCUT2D eigenvalue weighted by Gasteiger charge is -2.23. The molecular formula is C19H15FN4O2. The number of carbonyl (C=O) groups excluding carboxylic acids is 2. The number of para-hydroxylation sites is 1. The van der Waals surface area contributed by atoms with E-state index < -0.39 is 6.04 Å². The van der Waals surface area contributed by atoms with Crippen LogP contribution in [0.2, 0.25) is 0 Å². The van der Waals surface area contributed by atoms with Gasteiger partial charge in [0.1, 0.15) is 17.7 Å². The minimum absolute atomic E-state index is 0.00377. The van der Waals surface area contributed by atoms with Gasteiger partial charge >= 0.3 is 0 Å². The van der Waals surface area contributed by atoms with Crippen LogP contribution in [0.15, 0.2) is 60.7 Å². The second kappa shape index (κ2) is 6.44. The molecule has 3 aromatic rings. The number of aromatic nitrogens is 2. The monoisotopic (exact) mass is 350 g/mol. The number of hydrogen-bond donors (Lipinski definition) is 2. The van der Waals surface area contributed by atoms with Crippen LogP contribution in [0.1, 0.15) is 12.5 Å². The number of fused-ring (bicyclic) bond motifs is 1. The molecule has 1 aliphatic rings. The van der Waals surface area contributed by atoms with Crippen molar-refractivity contribution in [1.82, 2.24) is 9.78 Å². The molecule has 26 heavy (non-hydrogen) atoms. The summed E-state index contributed by atoms with van der Waals surface area (Å²) in [6.45, 7) is 0. The molecule has 7 heteroatoms. The topological polar surface area (TPSA) is 76.0 Å². The van der Waals surface area contributed by atoms with E-state index in [9.17, 15) is 14.0 Å². The summed E-state index contributed by atoms with van der Waals surface area (Å²) in [7, 11) is 0. The summed E-state index contributed by atoms with van der Waals surface area (Å²) in [5, 5.41) is 9.97. The van der Waals surface area contributed by atoms with E-state index in [1.165, 1.54) is 16.8 Å². The molecule has 2 aromatic carbocycles. The Morgan fingerprint density at radius 2 is 1.88 bits per heavy atom. The van der Waals surface area contributed by atoms with Crippen LogP contribution < -0.4 is 10.6 Å². The van der Waals surface area contributed by atoms with E-state index in [0.29, 0.717) is 22.8 Å². The minimum Gasteiger partial charge on any atom is -0.324 e. The number of nitrogens with one attached hydrogen (secondary N) is 2. The summed E-state index contributed by atoms with van der Waals surface area (Å²) < 4.78 is 14.6. The molecule has 1 unspecified atom stereocenters. The van der Waals surface area contributed by atoms with Crippen LogP contribution >= 0.6 is 0 Å². The van der Waals surface area contributed by atoms with Gasteiger partial charge in [-0.3, -0.25) is 9.59 Å². The van der Waals surface area contributed by atoms with Gasteiger partial charge in [0.2, 0.25) is 11.8 Å². The minimum atomic E-state index is -0.756. The number of anilines is 2. The molecule has 2 amide bonds. The van der Waals surface area contributed by atoms with Crippen LogP contribution in [-0.2, 0) is 9.59 Å². The first-order chi connectivity index (χ1) is 12.6. The molecule has 1 atom stereocenters. The molecule has 0 bridgehead atoms. The number of hydrogen-bond acceptors (Lipinski definition) is 3. The second-order valence-corrected chi connectivity index (χ2v) is 5.99. The Morgan fingerprint density at radius 1 is 1.15 bits per heavy atom. The van der Waals surface area contributed by atoms with Crippen molar-refractivity contribution in [2.45, 2.75) is 12.5 Å². The summed E-state index contributed by atoms with van der Waals surface area (Å²) in [5.74, 6) is -0.475. The van der Waals surface area contributed by atoms with Crippen molar-refractivity contribution in [1.29, 1.82) is 0 Å². The fourth-order valence-corrected chi connectivity index (χ4v) is 2.89. The maximum atomic E-state index is 13.1. The van der Waals surface area contributed by atoms with Gasteiger partial charge in [-0.25, -0.2) is 9.07 Å². The zero-order chi connectivity index (χ0) is 18.1. The first-order valence-electron chi connectivity index (χ1n) is 8.11. The van der Waals surface area contributed by atoms with Gasteiger partial charge in [-0.1, -0.05) is 18.2 Å². The first kappa shape index (κ1) is 16.0. The summed E-state index contributed by atoms with van der Waals surface area (Å²) >= 11 is 0. The lowest BCUT2D eigenvalue weighted by molar-refractivity contribution is -0.125. The van der Waals surface area contributed by atoms with Crippen molar-refractivity contribution >= 4 is 23.3 Å². The average molecular weight is 350 g/mol. The lowest BCUT2D eigenvalue weighted by atomic mass is 10.1. The number of amides is 2. The third kappa shape index (κ3) is 3.06. The van der Waals surface area contributed by atoms with Gasteiger partial charge in [-0.15, -0.1) is 0 Å². The molecule has 0 radical (unpaired) electrons. The van der Waals surface area contributed by atoms with Crippen LogP contribution in [0.5, 0.6) is 0 Å². The fourth-order valence-electron chi connectivity index (χ4n) is 2.89. The van der Waals surface area contributed by atoms with Crippen molar-refractivity contribution in [2.75, 3.05) is 10.6 Å². The van der Waals surface area contributed by atoms with Crippen LogP contribution in [0.3, 0.4) is 0 Å². The SMILES string of the molecule is O=C1CC(C(=O)Nc2ccccc2)n2nc(-c3ccc(F)cc3)cc2N1. The average Bonchev–Trinajstić information content (AvgIpc) is 3.06. The molecule has 0 aliphatic carbocycles. The highest BCUT2D eigenvalue weighted by molar-refractivity contribution is 6.01. The van der Waals surface area contributed by atoms with Crippen molar-refractivity contribution in [3.63, 3.8) is 0 Å². The Balaban J connectivity index is 1.65. The summed E-state index contributed by atoms with van der Waals surface area (Å²) in [4.78, 5) is 24.7. The molecule has 2 N–H and O–H groups in total. The molecule has 0 spiro atoms.